The van der Waals surface area contributed by atoms with Gasteiger partial charge in [0.1, 0.15) is 13.2 Å². The van der Waals surface area contributed by atoms with Crippen molar-refractivity contribution in [1.82, 2.24) is 19.6 Å². The number of carbonyl (C=O) groups is 3. The van der Waals surface area contributed by atoms with Gasteiger partial charge in [0.25, 0.3) is 0 Å². The smallest absolute Gasteiger partial charge is 0.410 e. The first kappa shape index (κ1) is 27.6. The molecule has 0 spiro atoms. The number of ether oxygens (including phenoxy) is 2. The van der Waals surface area contributed by atoms with E-state index in [-0.39, 0.29) is 38.1 Å². The van der Waals surface area contributed by atoms with Crippen molar-refractivity contribution in [2.24, 2.45) is 0 Å². The zero-order valence-corrected chi connectivity index (χ0v) is 23.4. The Kier molecular flexibility index (Phi) is 9.38. The van der Waals surface area contributed by atoms with Crippen molar-refractivity contribution >= 4 is 44.8 Å². The molecule has 0 radical (unpaired) electrons. The van der Waals surface area contributed by atoms with Crippen molar-refractivity contribution in [2.75, 3.05) is 32.8 Å². The molecular formula is C28H33BrN4O5. The molecule has 0 atom stereocenters. The summed E-state index contributed by atoms with van der Waals surface area (Å²) in [6.45, 7) is 5.48. The highest BCUT2D eigenvalue weighted by Gasteiger charge is 2.27. The average molecular weight is 585 g/mol. The summed E-state index contributed by atoms with van der Waals surface area (Å²) in [6, 6.07) is 15.4. The summed E-state index contributed by atoms with van der Waals surface area (Å²) in [5.74, 6) is -0.171. The fourth-order valence-electron chi connectivity index (χ4n) is 4.76. The molecule has 2 heterocycles. The van der Waals surface area contributed by atoms with Crippen molar-refractivity contribution in [3.8, 4) is 0 Å². The molecule has 202 valence electrons. The number of aromatic nitrogens is 2. The van der Waals surface area contributed by atoms with E-state index in [2.05, 4.69) is 15.9 Å². The Morgan fingerprint density at radius 1 is 1.05 bits per heavy atom. The van der Waals surface area contributed by atoms with Gasteiger partial charge in [-0.2, -0.15) is 5.10 Å². The second kappa shape index (κ2) is 12.9. The summed E-state index contributed by atoms with van der Waals surface area (Å²) in [5.41, 5.74) is 2.79. The van der Waals surface area contributed by atoms with Gasteiger partial charge < -0.3 is 14.4 Å². The molecular weight excluding hydrogens is 552 g/mol. The maximum atomic E-state index is 13.0. The zero-order chi connectivity index (χ0) is 27.1. The van der Waals surface area contributed by atoms with E-state index in [4.69, 9.17) is 14.6 Å². The van der Waals surface area contributed by atoms with Gasteiger partial charge >= 0.3 is 12.1 Å². The van der Waals surface area contributed by atoms with Crippen molar-refractivity contribution in [1.29, 1.82) is 0 Å². The maximum Gasteiger partial charge on any atom is 0.410 e. The summed E-state index contributed by atoms with van der Waals surface area (Å²) in [4.78, 5) is 40.2. The third-order valence-electron chi connectivity index (χ3n) is 6.75. The van der Waals surface area contributed by atoms with Crippen LogP contribution in [0.5, 0.6) is 0 Å². The first-order valence-electron chi connectivity index (χ1n) is 12.9. The van der Waals surface area contributed by atoms with E-state index in [1.807, 2.05) is 58.1 Å². The number of benzene rings is 2. The number of esters is 1. The molecule has 2 amide bonds. The predicted molar refractivity (Wildman–Crippen MR) is 146 cm³/mol. The van der Waals surface area contributed by atoms with Crippen molar-refractivity contribution in [2.45, 2.75) is 45.8 Å². The van der Waals surface area contributed by atoms with E-state index >= 15 is 0 Å². The Bertz CT molecular complexity index is 1270. The molecule has 0 bridgehead atoms. The largest absolute Gasteiger partial charge is 0.465 e. The van der Waals surface area contributed by atoms with Crippen LogP contribution in [0.3, 0.4) is 0 Å². The fourth-order valence-corrected chi connectivity index (χ4v) is 5.32. The van der Waals surface area contributed by atoms with E-state index in [0.717, 1.165) is 39.5 Å². The summed E-state index contributed by atoms with van der Waals surface area (Å²) >= 11 is 3.70. The molecule has 1 aliphatic rings. The summed E-state index contributed by atoms with van der Waals surface area (Å²) < 4.78 is 13.4. The van der Waals surface area contributed by atoms with Gasteiger partial charge in [-0.25, -0.2) is 4.79 Å². The number of carbonyl (C=O) groups excluding carboxylic acids is 3. The van der Waals surface area contributed by atoms with Crippen molar-refractivity contribution in [3.05, 3.63) is 64.3 Å². The number of fused-ring (bicyclic) bond motifs is 1. The van der Waals surface area contributed by atoms with Gasteiger partial charge in [-0.05, 0) is 37.5 Å². The maximum absolute atomic E-state index is 13.0. The minimum atomic E-state index is -0.587. The SMILES string of the molecule is CCOC(=O)CN(CCn1nc(C2CCN(C(C)=O)CC2)c2c(Br)cccc21)C(=O)OCc1ccccc1. The van der Waals surface area contributed by atoms with Crippen LogP contribution < -0.4 is 0 Å². The van der Waals surface area contributed by atoms with Crippen molar-refractivity contribution in [3.63, 3.8) is 0 Å². The number of hydrogen-bond donors (Lipinski definition) is 0. The van der Waals surface area contributed by atoms with Crippen LogP contribution in [0.2, 0.25) is 0 Å². The normalized spacial score (nSPS) is 13.9. The van der Waals surface area contributed by atoms with Crippen LogP contribution in [0.15, 0.2) is 53.0 Å². The number of likely N-dealkylation sites (tertiary alicyclic amines) is 1. The van der Waals surface area contributed by atoms with E-state index < -0.39 is 12.1 Å². The highest BCUT2D eigenvalue weighted by atomic mass is 79.9. The van der Waals surface area contributed by atoms with Crippen LogP contribution >= 0.6 is 15.9 Å². The monoisotopic (exact) mass is 584 g/mol. The minimum absolute atomic E-state index is 0.0980. The second-order valence-corrected chi connectivity index (χ2v) is 10.1. The lowest BCUT2D eigenvalue weighted by molar-refractivity contribution is -0.144. The Morgan fingerprint density at radius 2 is 1.79 bits per heavy atom. The lowest BCUT2D eigenvalue weighted by Crippen LogP contribution is -2.39. The lowest BCUT2D eigenvalue weighted by Gasteiger charge is -2.30. The number of piperidine rings is 1. The molecule has 1 aliphatic heterocycles. The Morgan fingerprint density at radius 3 is 2.47 bits per heavy atom. The molecule has 0 N–H and O–H groups in total. The molecule has 2 aromatic carbocycles. The Labute approximate surface area is 230 Å². The number of rotatable bonds is 9. The third-order valence-corrected chi connectivity index (χ3v) is 7.41. The first-order chi connectivity index (χ1) is 18.4. The van der Waals surface area contributed by atoms with Gasteiger partial charge in [-0.1, -0.05) is 52.3 Å². The highest BCUT2D eigenvalue weighted by Crippen LogP contribution is 2.36. The van der Waals surface area contributed by atoms with E-state index in [0.29, 0.717) is 19.6 Å². The standard InChI is InChI=1S/C28H33BrN4O5/c1-3-37-25(35)18-32(28(36)38-19-21-8-5-4-6-9-21)16-17-33-24-11-7-10-23(29)26(24)27(30-33)22-12-14-31(15-13-22)20(2)34/h4-11,22H,3,12-19H2,1-2H3. The molecule has 3 aromatic rings. The van der Waals surface area contributed by atoms with Gasteiger partial charge in [0.2, 0.25) is 5.91 Å². The lowest BCUT2D eigenvalue weighted by atomic mass is 9.91. The van der Waals surface area contributed by atoms with Crippen LogP contribution in [0, 0.1) is 0 Å². The zero-order valence-electron chi connectivity index (χ0n) is 21.8. The van der Waals surface area contributed by atoms with Gasteiger partial charge in [0.15, 0.2) is 0 Å². The molecule has 0 unspecified atom stereocenters. The fraction of sp³-hybridized carbons (Fsp3) is 0.429. The molecule has 10 heteroatoms. The van der Waals surface area contributed by atoms with Gasteiger partial charge in [-0.3, -0.25) is 19.2 Å². The Balaban J connectivity index is 1.52. The quantitative estimate of drug-likeness (QED) is 0.338. The van der Waals surface area contributed by atoms with Crippen LogP contribution in [0.25, 0.3) is 10.9 Å². The number of halogens is 1. The number of hydrogen-bond acceptors (Lipinski definition) is 6. The Hall–Kier alpha value is -3.40. The second-order valence-electron chi connectivity index (χ2n) is 9.29. The number of amides is 2. The predicted octanol–water partition coefficient (Wildman–Crippen LogP) is 4.73. The van der Waals surface area contributed by atoms with Gasteiger partial charge in [-0.15, -0.1) is 0 Å². The molecule has 0 aliphatic carbocycles. The summed E-state index contributed by atoms with van der Waals surface area (Å²) in [7, 11) is 0. The third kappa shape index (κ3) is 6.72. The van der Waals surface area contributed by atoms with Gasteiger partial charge in [0.05, 0.1) is 24.4 Å². The van der Waals surface area contributed by atoms with Crippen molar-refractivity contribution < 1.29 is 23.9 Å². The summed E-state index contributed by atoms with van der Waals surface area (Å²) in [6.07, 6.45) is 1.10. The van der Waals surface area contributed by atoms with Crippen LogP contribution in [0.1, 0.15) is 43.9 Å². The minimum Gasteiger partial charge on any atom is -0.465 e. The molecule has 0 saturated carbocycles. The summed E-state index contributed by atoms with van der Waals surface area (Å²) in [5, 5.41) is 6.01. The van der Waals surface area contributed by atoms with Crippen LogP contribution in [-0.4, -0.2) is 70.3 Å². The average Bonchev–Trinajstić information content (AvgIpc) is 3.30. The molecule has 1 fully saturated rings. The van der Waals surface area contributed by atoms with E-state index in [1.165, 1.54) is 4.90 Å². The molecule has 38 heavy (non-hydrogen) atoms. The molecule has 1 aromatic heterocycles. The molecule has 4 rings (SSSR count). The van der Waals surface area contributed by atoms with E-state index in [9.17, 15) is 14.4 Å². The van der Waals surface area contributed by atoms with Crippen LogP contribution in [-0.2, 0) is 32.2 Å². The molecule has 1 saturated heterocycles. The van der Waals surface area contributed by atoms with Gasteiger partial charge in [0, 0.05) is 42.3 Å². The number of nitrogens with zero attached hydrogens (tertiary/aromatic N) is 4. The van der Waals surface area contributed by atoms with Crippen LogP contribution in [0.4, 0.5) is 4.79 Å². The van der Waals surface area contributed by atoms with E-state index in [1.54, 1.807) is 13.8 Å². The molecule has 9 nitrogen and oxygen atoms in total. The highest BCUT2D eigenvalue weighted by molar-refractivity contribution is 9.10. The first-order valence-corrected chi connectivity index (χ1v) is 13.7. The topological polar surface area (TPSA) is 94.0 Å².